The number of aromatic nitrogens is 1. The third-order valence-electron chi connectivity index (χ3n) is 2.35. The first-order chi connectivity index (χ1) is 8.71. The SMILES string of the molecule is CN(C)CC(C)(O)CNC(=O)c1cc(Cl)ncc1Cl. The first-order valence-corrected chi connectivity index (χ1v) is 6.43. The van der Waals surface area contributed by atoms with Crippen molar-refractivity contribution in [1.29, 1.82) is 0 Å². The van der Waals surface area contributed by atoms with Crippen molar-refractivity contribution in [2.24, 2.45) is 0 Å². The third-order valence-corrected chi connectivity index (χ3v) is 2.86. The van der Waals surface area contributed by atoms with Crippen LogP contribution < -0.4 is 5.32 Å². The smallest absolute Gasteiger partial charge is 0.253 e. The highest BCUT2D eigenvalue weighted by atomic mass is 35.5. The molecule has 0 bridgehead atoms. The van der Waals surface area contributed by atoms with Crippen molar-refractivity contribution in [3.05, 3.63) is 28.0 Å². The molecule has 0 fully saturated rings. The van der Waals surface area contributed by atoms with Crippen molar-refractivity contribution in [1.82, 2.24) is 15.2 Å². The highest BCUT2D eigenvalue weighted by Gasteiger charge is 2.23. The summed E-state index contributed by atoms with van der Waals surface area (Å²) in [5.74, 6) is -0.395. The average Bonchev–Trinajstić information content (AvgIpc) is 2.27. The molecule has 0 aliphatic heterocycles. The molecule has 1 atom stereocenters. The molecular formula is C12H17Cl2N3O2. The van der Waals surface area contributed by atoms with Crippen LogP contribution in [0.5, 0.6) is 0 Å². The average molecular weight is 306 g/mol. The Bertz CT molecular complexity index is 464. The fraction of sp³-hybridized carbons (Fsp3) is 0.500. The molecule has 1 aromatic heterocycles. The van der Waals surface area contributed by atoms with Crippen LogP contribution in [0.2, 0.25) is 10.2 Å². The van der Waals surface area contributed by atoms with Crippen molar-refractivity contribution < 1.29 is 9.90 Å². The Labute approximate surface area is 122 Å². The molecule has 0 saturated heterocycles. The Morgan fingerprint density at radius 3 is 2.74 bits per heavy atom. The summed E-state index contributed by atoms with van der Waals surface area (Å²) in [5.41, 5.74) is -0.787. The summed E-state index contributed by atoms with van der Waals surface area (Å²) in [5, 5.41) is 13.1. The van der Waals surface area contributed by atoms with Crippen LogP contribution in [0.15, 0.2) is 12.3 Å². The molecular weight excluding hydrogens is 289 g/mol. The number of carbonyl (C=O) groups excluding carboxylic acids is 1. The van der Waals surface area contributed by atoms with Crippen molar-refractivity contribution in [2.45, 2.75) is 12.5 Å². The molecule has 1 amide bonds. The Morgan fingerprint density at radius 1 is 1.53 bits per heavy atom. The normalized spacial score (nSPS) is 14.3. The minimum absolute atomic E-state index is 0.111. The fourth-order valence-corrected chi connectivity index (χ4v) is 2.04. The highest BCUT2D eigenvalue weighted by Crippen LogP contribution is 2.18. The number of likely N-dealkylation sites (N-methyl/N-ethyl adjacent to an activating group) is 1. The molecule has 0 saturated carbocycles. The van der Waals surface area contributed by atoms with Crippen LogP contribution in [0.3, 0.4) is 0 Å². The number of hydrogen-bond donors (Lipinski definition) is 2. The Kier molecular flexibility index (Phi) is 5.55. The maximum Gasteiger partial charge on any atom is 0.253 e. The summed E-state index contributed by atoms with van der Waals surface area (Å²) in [6, 6.07) is 1.39. The number of nitrogens with one attached hydrogen (secondary N) is 1. The van der Waals surface area contributed by atoms with E-state index in [2.05, 4.69) is 10.3 Å². The summed E-state index contributed by atoms with van der Waals surface area (Å²) in [7, 11) is 3.69. The van der Waals surface area contributed by atoms with Gasteiger partial charge in [0.1, 0.15) is 5.15 Å². The van der Waals surface area contributed by atoms with E-state index in [1.54, 1.807) is 6.92 Å². The van der Waals surface area contributed by atoms with Gasteiger partial charge in [0.15, 0.2) is 0 Å². The number of amides is 1. The lowest BCUT2D eigenvalue weighted by molar-refractivity contribution is 0.0326. The Morgan fingerprint density at radius 2 is 2.16 bits per heavy atom. The third kappa shape index (κ3) is 5.32. The minimum atomic E-state index is -1.03. The number of hydrogen-bond acceptors (Lipinski definition) is 4. The van der Waals surface area contributed by atoms with E-state index in [0.717, 1.165) is 0 Å². The fourth-order valence-electron chi connectivity index (χ4n) is 1.69. The van der Waals surface area contributed by atoms with Crippen LogP contribution in [0, 0.1) is 0 Å². The predicted molar refractivity (Wildman–Crippen MR) is 75.8 cm³/mol. The van der Waals surface area contributed by atoms with E-state index >= 15 is 0 Å². The highest BCUT2D eigenvalue weighted by molar-refractivity contribution is 6.35. The molecule has 0 aromatic carbocycles. The summed E-state index contributed by atoms with van der Waals surface area (Å²) in [4.78, 5) is 17.5. The summed E-state index contributed by atoms with van der Waals surface area (Å²) < 4.78 is 0. The second kappa shape index (κ2) is 6.52. The van der Waals surface area contributed by atoms with Gasteiger partial charge in [0.05, 0.1) is 16.2 Å². The summed E-state index contributed by atoms with van der Waals surface area (Å²) in [6.07, 6.45) is 1.32. The molecule has 5 nitrogen and oxygen atoms in total. The maximum absolute atomic E-state index is 11.9. The topological polar surface area (TPSA) is 65.5 Å². The van der Waals surface area contributed by atoms with Gasteiger partial charge in [-0.25, -0.2) is 4.98 Å². The molecule has 2 N–H and O–H groups in total. The van der Waals surface area contributed by atoms with Gasteiger partial charge in [-0.15, -0.1) is 0 Å². The molecule has 0 aliphatic carbocycles. The van der Waals surface area contributed by atoms with Gasteiger partial charge < -0.3 is 15.3 Å². The zero-order valence-electron chi connectivity index (χ0n) is 11.1. The van der Waals surface area contributed by atoms with Crippen LogP contribution >= 0.6 is 23.2 Å². The van der Waals surface area contributed by atoms with Crippen LogP contribution in [0.25, 0.3) is 0 Å². The quantitative estimate of drug-likeness (QED) is 0.808. The van der Waals surface area contributed by atoms with E-state index in [4.69, 9.17) is 23.2 Å². The Balaban J connectivity index is 2.68. The molecule has 1 heterocycles. The molecule has 1 unspecified atom stereocenters. The molecule has 1 rings (SSSR count). The molecule has 0 radical (unpaired) electrons. The zero-order valence-corrected chi connectivity index (χ0v) is 12.6. The number of nitrogens with zero attached hydrogens (tertiary/aromatic N) is 2. The van der Waals surface area contributed by atoms with Gasteiger partial charge in [0, 0.05) is 19.3 Å². The summed E-state index contributed by atoms with van der Waals surface area (Å²) in [6.45, 7) is 2.19. The van der Waals surface area contributed by atoms with Crippen LogP contribution in [0.4, 0.5) is 0 Å². The first kappa shape index (κ1) is 16.2. The molecule has 0 spiro atoms. The first-order valence-electron chi connectivity index (χ1n) is 5.67. The molecule has 19 heavy (non-hydrogen) atoms. The van der Waals surface area contributed by atoms with Gasteiger partial charge in [-0.1, -0.05) is 23.2 Å². The van der Waals surface area contributed by atoms with Gasteiger partial charge >= 0.3 is 0 Å². The Hall–Kier alpha value is -0.880. The van der Waals surface area contributed by atoms with Gasteiger partial charge in [-0.2, -0.15) is 0 Å². The number of rotatable bonds is 5. The van der Waals surface area contributed by atoms with Crippen LogP contribution in [-0.4, -0.2) is 53.7 Å². The van der Waals surface area contributed by atoms with Crippen molar-refractivity contribution >= 4 is 29.1 Å². The van der Waals surface area contributed by atoms with E-state index in [9.17, 15) is 9.90 Å². The number of halogens is 2. The van der Waals surface area contributed by atoms with E-state index in [-0.39, 0.29) is 22.3 Å². The number of aliphatic hydroxyl groups is 1. The monoisotopic (exact) mass is 305 g/mol. The number of carbonyl (C=O) groups is 1. The lowest BCUT2D eigenvalue weighted by Crippen LogP contribution is -2.47. The molecule has 7 heteroatoms. The summed E-state index contributed by atoms with van der Waals surface area (Å²) >= 11 is 11.6. The lowest BCUT2D eigenvalue weighted by Gasteiger charge is -2.27. The van der Waals surface area contributed by atoms with Gasteiger partial charge in [-0.3, -0.25) is 4.79 Å². The van der Waals surface area contributed by atoms with E-state index in [1.165, 1.54) is 12.3 Å². The molecule has 0 aliphatic rings. The second-order valence-electron chi connectivity index (χ2n) is 4.90. The predicted octanol–water partition coefficient (Wildman–Crippen LogP) is 1.43. The zero-order chi connectivity index (χ0) is 14.6. The standard InChI is InChI=1S/C12H17Cl2N3O2/c1-12(19,7-17(2)3)6-16-11(18)8-4-10(14)15-5-9(8)13/h4-5,19H,6-7H2,1-3H3,(H,16,18). The number of pyridine rings is 1. The van der Waals surface area contributed by atoms with Gasteiger partial charge in [0.25, 0.3) is 5.91 Å². The maximum atomic E-state index is 11.9. The molecule has 106 valence electrons. The van der Waals surface area contributed by atoms with Crippen molar-refractivity contribution in [3.8, 4) is 0 Å². The van der Waals surface area contributed by atoms with Gasteiger partial charge in [-0.05, 0) is 27.1 Å². The molecule has 1 aromatic rings. The minimum Gasteiger partial charge on any atom is -0.387 e. The van der Waals surface area contributed by atoms with Crippen LogP contribution in [-0.2, 0) is 0 Å². The van der Waals surface area contributed by atoms with Crippen molar-refractivity contribution in [3.63, 3.8) is 0 Å². The lowest BCUT2D eigenvalue weighted by atomic mass is 10.1. The van der Waals surface area contributed by atoms with Crippen molar-refractivity contribution in [2.75, 3.05) is 27.2 Å². The second-order valence-corrected chi connectivity index (χ2v) is 5.70. The largest absolute Gasteiger partial charge is 0.387 e. The van der Waals surface area contributed by atoms with Crippen LogP contribution in [0.1, 0.15) is 17.3 Å². The van der Waals surface area contributed by atoms with Gasteiger partial charge in [0.2, 0.25) is 0 Å². The van der Waals surface area contributed by atoms with E-state index in [1.807, 2.05) is 19.0 Å². The van der Waals surface area contributed by atoms with E-state index < -0.39 is 11.5 Å². The van der Waals surface area contributed by atoms with E-state index in [0.29, 0.717) is 6.54 Å².